The highest BCUT2D eigenvalue weighted by molar-refractivity contribution is 5.60. The average Bonchev–Trinajstić information content (AvgIpc) is 2.65. The summed E-state index contributed by atoms with van der Waals surface area (Å²) in [5.74, 6) is -0.257. The molecule has 0 spiro atoms. The Morgan fingerprint density at radius 2 is 1.94 bits per heavy atom. The Balaban J connectivity index is 2.21. The van der Waals surface area contributed by atoms with Gasteiger partial charge in [-0.15, -0.1) is 0 Å². The van der Waals surface area contributed by atoms with Crippen LogP contribution < -0.4 is 0 Å². The van der Waals surface area contributed by atoms with Crippen LogP contribution in [0.1, 0.15) is 11.4 Å². The number of fused-ring (bicyclic) bond motifs is 1. The van der Waals surface area contributed by atoms with Crippen molar-refractivity contribution in [2.75, 3.05) is 0 Å². The van der Waals surface area contributed by atoms with Crippen LogP contribution in [0.25, 0.3) is 16.9 Å². The van der Waals surface area contributed by atoms with Crippen LogP contribution >= 0.6 is 0 Å². The fourth-order valence-electron chi connectivity index (χ4n) is 1.96. The number of halogens is 1. The van der Waals surface area contributed by atoms with Gasteiger partial charge in [-0.05, 0) is 38.1 Å². The summed E-state index contributed by atoms with van der Waals surface area (Å²) in [6, 6.07) is 10.2. The summed E-state index contributed by atoms with van der Waals surface area (Å²) in [5.41, 5.74) is 4.28. The maximum Gasteiger partial charge on any atom is 0.154 e. The molecule has 0 aliphatic carbocycles. The number of benzene rings is 1. The highest BCUT2D eigenvalue weighted by Crippen LogP contribution is 2.19. The van der Waals surface area contributed by atoms with E-state index in [4.69, 9.17) is 0 Å². The lowest BCUT2D eigenvalue weighted by molar-refractivity contribution is 0.628. The van der Waals surface area contributed by atoms with E-state index in [1.54, 1.807) is 10.6 Å². The topological polar surface area (TPSA) is 30.2 Å². The second kappa shape index (κ2) is 3.91. The van der Waals surface area contributed by atoms with Gasteiger partial charge < -0.3 is 0 Å². The molecule has 3 aromatic rings. The molecule has 0 unspecified atom stereocenters. The molecule has 1 aromatic carbocycles. The SMILES string of the molecule is Cc1nc2ccc(-c3cccc(F)c3)nn2c1C. The van der Waals surface area contributed by atoms with Gasteiger partial charge >= 0.3 is 0 Å². The van der Waals surface area contributed by atoms with Gasteiger partial charge in [0.1, 0.15) is 5.82 Å². The van der Waals surface area contributed by atoms with Gasteiger partial charge in [-0.25, -0.2) is 13.9 Å². The molecule has 0 aliphatic rings. The lowest BCUT2D eigenvalue weighted by atomic mass is 10.1. The number of imidazole rings is 1. The molecule has 3 nitrogen and oxygen atoms in total. The van der Waals surface area contributed by atoms with Crippen LogP contribution in [0.4, 0.5) is 4.39 Å². The van der Waals surface area contributed by atoms with Crippen molar-refractivity contribution >= 4 is 5.65 Å². The molecule has 0 saturated heterocycles. The maximum absolute atomic E-state index is 13.2. The Bertz CT molecular complexity index is 731. The highest BCUT2D eigenvalue weighted by atomic mass is 19.1. The summed E-state index contributed by atoms with van der Waals surface area (Å²) in [4.78, 5) is 4.39. The minimum atomic E-state index is -0.257. The van der Waals surface area contributed by atoms with Gasteiger partial charge in [0.05, 0.1) is 17.1 Å². The molecule has 2 heterocycles. The van der Waals surface area contributed by atoms with Gasteiger partial charge in [-0.1, -0.05) is 12.1 Å². The molecule has 2 aromatic heterocycles. The highest BCUT2D eigenvalue weighted by Gasteiger charge is 2.07. The van der Waals surface area contributed by atoms with E-state index in [2.05, 4.69) is 10.1 Å². The molecule has 18 heavy (non-hydrogen) atoms. The van der Waals surface area contributed by atoms with Crippen molar-refractivity contribution in [2.24, 2.45) is 0 Å². The van der Waals surface area contributed by atoms with Crippen molar-refractivity contribution in [2.45, 2.75) is 13.8 Å². The van der Waals surface area contributed by atoms with Crippen molar-refractivity contribution in [3.05, 3.63) is 53.6 Å². The number of aromatic nitrogens is 3. The van der Waals surface area contributed by atoms with Gasteiger partial charge in [0, 0.05) is 5.56 Å². The molecule has 4 heteroatoms. The number of aryl methyl sites for hydroxylation is 2. The molecule has 0 amide bonds. The summed E-state index contributed by atoms with van der Waals surface area (Å²) in [7, 11) is 0. The van der Waals surface area contributed by atoms with Crippen molar-refractivity contribution in [3.8, 4) is 11.3 Å². The second-order valence-corrected chi connectivity index (χ2v) is 4.28. The molecular formula is C14H12FN3. The number of hydrogen-bond donors (Lipinski definition) is 0. The van der Waals surface area contributed by atoms with Crippen molar-refractivity contribution < 1.29 is 4.39 Å². The molecule has 0 fully saturated rings. The Morgan fingerprint density at radius 1 is 1.11 bits per heavy atom. The van der Waals surface area contributed by atoms with Crippen LogP contribution in [0.5, 0.6) is 0 Å². The van der Waals surface area contributed by atoms with Crippen LogP contribution in [0.2, 0.25) is 0 Å². The third-order valence-corrected chi connectivity index (χ3v) is 3.06. The lowest BCUT2D eigenvalue weighted by Crippen LogP contribution is -1.96. The number of nitrogens with zero attached hydrogens (tertiary/aromatic N) is 3. The van der Waals surface area contributed by atoms with E-state index in [-0.39, 0.29) is 5.82 Å². The quantitative estimate of drug-likeness (QED) is 0.655. The summed E-state index contributed by atoms with van der Waals surface area (Å²) in [6.07, 6.45) is 0. The predicted octanol–water partition coefficient (Wildman–Crippen LogP) is 3.15. The van der Waals surface area contributed by atoms with Crippen molar-refractivity contribution in [1.82, 2.24) is 14.6 Å². The normalized spacial score (nSPS) is 11.1. The first-order valence-corrected chi connectivity index (χ1v) is 5.74. The maximum atomic E-state index is 13.2. The fraction of sp³-hybridized carbons (Fsp3) is 0.143. The van der Waals surface area contributed by atoms with Crippen molar-refractivity contribution in [3.63, 3.8) is 0 Å². The van der Waals surface area contributed by atoms with E-state index in [0.717, 1.165) is 28.3 Å². The summed E-state index contributed by atoms with van der Waals surface area (Å²) >= 11 is 0. The molecule has 0 atom stereocenters. The zero-order chi connectivity index (χ0) is 12.7. The largest absolute Gasteiger partial charge is 0.232 e. The van der Waals surface area contributed by atoms with Crippen LogP contribution in [0.3, 0.4) is 0 Å². The van der Waals surface area contributed by atoms with Gasteiger partial charge in [0.25, 0.3) is 0 Å². The lowest BCUT2D eigenvalue weighted by Gasteiger charge is -2.02. The first-order valence-electron chi connectivity index (χ1n) is 5.74. The average molecular weight is 241 g/mol. The first-order chi connectivity index (χ1) is 8.65. The Kier molecular flexibility index (Phi) is 2.37. The Labute approximate surface area is 104 Å². The standard InChI is InChI=1S/C14H12FN3/c1-9-10(2)18-14(16-9)7-6-13(17-18)11-4-3-5-12(15)8-11/h3-8H,1-2H3. The van der Waals surface area contributed by atoms with E-state index in [1.165, 1.54) is 12.1 Å². The zero-order valence-electron chi connectivity index (χ0n) is 10.2. The minimum absolute atomic E-state index is 0.257. The predicted molar refractivity (Wildman–Crippen MR) is 67.9 cm³/mol. The molecule has 0 saturated carbocycles. The van der Waals surface area contributed by atoms with Gasteiger partial charge in [-0.2, -0.15) is 5.10 Å². The molecule has 90 valence electrons. The molecule has 3 rings (SSSR count). The van der Waals surface area contributed by atoms with Gasteiger partial charge in [0.2, 0.25) is 0 Å². The summed E-state index contributed by atoms with van der Waals surface area (Å²) in [6.45, 7) is 3.92. The smallest absolute Gasteiger partial charge is 0.154 e. The second-order valence-electron chi connectivity index (χ2n) is 4.28. The molecule has 0 bridgehead atoms. The van der Waals surface area contributed by atoms with Gasteiger partial charge in [0.15, 0.2) is 5.65 Å². The van der Waals surface area contributed by atoms with E-state index < -0.39 is 0 Å². The fourth-order valence-corrected chi connectivity index (χ4v) is 1.96. The van der Waals surface area contributed by atoms with Crippen LogP contribution in [-0.2, 0) is 0 Å². The molecular weight excluding hydrogens is 229 g/mol. The first kappa shape index (κ1) is 10.9. The van der Waals surface area contributed by atoms with Crippen LogP contribution in [-0.4, -0.2) is 14.6 Å². The zero-order valence-corrected chi connectivity index (χ0v) is 10.2. The van der Waals surface area contributed by atoms with E-state index in [0.29, 0.717) is 0 Å². The molecule has 0 radical (unpaired) electrons. The monoisotopic (exact) mass is 241 g/mol. The third kappa shape index (κ3) is 1.66. The number of hydrogen-bond acceptors (Lipinski definition) is 2. The third-order valence-electron chi connectivity index (χ3n) is 3.06. The van der Waals surface area contributed by atoms with Gasteiger partial charge in [-0.3, -0.25) is 0 Å². The van der Waals surface area contributed by atoms with Crippen LogP contribution in [0, 0.1) is 19.7 Å². The Morgan fingerprint density at radius 3 is 2.72 bits per heavy atom. The van der Waals surface area contributed by atoms with E-state index >= 15 is 0 Å². The van der Waals surface area contributed by atoms with Crippen LogP contribution in [0.15, 0.2) is 36.4 Å². The van der Waals surface area contributed by atoms with E-state index in [1.807, 2.05) is 32.0 Å². The number of rotatable bonds is 1. The summed E-state index contributed by atoms with van der Waals surface area (Å²) < 4.78 is 15.0. The molecule has 0 aliphatic heterocycles. The molecule has 0 N–H and O–H groups in total. The minimum Gasteiger partial charge on any atom is -0.232 e. The van der Waals surface area contributed by atoms with Crippen molar-refractivity contribution in [1.29, 1.82) is 0 Å². The summed E-state index contributed by atoms with van der Waals surface area (Å²) in [5, 5.41) is 4.49. The van der Waals surface area contributed by atoms with E-state index in [9.17, 15) is 4.39 Å². The Hall–Kier alpha value is -2.23.